The standard InChI is InChI=1S/C13H11ClFN3/c1-7-11(9-4-5-16-6-10(9)15)17-13(8-2-3-8)18-12(7)14/h4-6,8H,2-3H2,1H3. The van der Waals surface area contributed by atoms with Crippen molar-refractivity contribution in [1.29, 1.82) is 0 Å². The van der Waals surface area contributed by atoms with E-state index in [9.17, 15) is 4.39 Å². The topological polar surface area (TPSA) is 38.7 Å². The number of aromatic nitrogens is 3. The third-order valence-electron chi connectivity index (χ3n) is 3.07. The summed E-state index contributed by atoms with van der Waals surface area (Å²) in [6.45, 7) is 1.80. The maximum Gasteiger partial charge on any atom is 0.150 e. The van der Waals surface area contributed by atoms with Gasteiger partial charge in [-0.05, 0) is 25.8 Å². The fraction of sp³-hybridized carbons (Fsp3) is 0.308. The van der Waals surface area contributed by atoms with E-state index in [0.717, 1.165) is 18.7 Å². The Morgan fingerprint density at radius 1 is 1.33 bits per heavy atom. The normalized spacial score (nSPS) is 14.8. The van der Waals surface area contributed by atoms with Crippen LogP contribution in [0.5, 0.6) is 0 Å². The molecule has 0 unspecified atom stereocenters. The predicted octanol–water partition coefficient (Wildman–Crippen LogP) is 3.52. The van der Waals surface area contributed by atoms with Crippen molar-refractivity contribution in [2.24, 2.45) is 0 Å². The molecule has 92 valence electrons. The Morgan fingerprint density at radius 2 is 2.11 bits per heavy atom. The van der Waals surface area contributed by atoms with E-state index < -0.39 is 5.82 Å². The maximum absolute atomic E-state index is 13.8. The molecule has 1 aliphatic carbocycles. The van der Waals surface area contributed by atoms with E-state index in [1.807, 2.05) is 0 Å². The Balaban J connectivity index is 2.18. The van der Waals surface area contributed by atoms with Crippen LogP contribution in [0.1, 0.15) is 30.1 Å². The number of rotatable bonds is 2. The van der Waals surface area contributed by atoms with Crippen molar-refractivity contribution in [2.75, 3.05) is 0 Å². The zero-order chi connectivity index (χ0) is 12.7. The van der Waals surface area contributed by atoms with Crippen LogP contribution in [0.15, 0.2) is 18.5 Å². The molecule has 2 aromatic heterocycles. The van der Waals surface area contributed by atoms with E-state index in [1.54, 1.807) is 19.2 Å². The molecule has 3 rings (SSSR count). The molecular formula is C13H11ClFN3. The smallest absolute Gasteiger partial charge is 0.150 e. The summed E-state index contributed by atoms with van der Waals surface area (Å²) < 4.78 is 13.8. The highest BCUT2D eigenvalue weighted by molar-refractivity contribution is 6.30. The summed E-state index contributed by atoms with van der Waals surface area (Å²) in [7, 11) is 0. The molecule has 1 saturated carbocycles. The van der Waals surface area contributed by atoms with Crippen molar-refractivity contribution in [2.45, 2.75) is 25.7 Å². The van der Waals surface area contributed by atoms with Crippen molar-refractivity contribution in [3.63, 3.8) is 0 Å². The summed E-state index contributed by atoms with van der Waals surface area (Å²) in [6.07, 6.45) is 4.89. The van der Waals surface area contributed by atoms with Crippen molar-refractivity contribution < 1.29 is 4.39 Å². The zero-order valence-corrected chi connectivity index (χ0v) is 10.6. The van der Waals surface area contributed by atoms with Crippen molar-refractivity contribution in [3.05, 3.63) is 40.8 Å². The molecule has 0 atom stereocenters. The van der Waals surface area contributed by atoms with Crippen LogP contribution in [-0.4, -0.2) is 15.0 Å². The first-order valence-electron chi connectivity index (χ1n) is 5.80. The molecule has 0 spiro atoms. The lowest BCUT2D eigenvalue weighted by molar-refractivity contribution is 0.624. The molecule has 0 saturated heterocycles. The highest BCUT2D eigenvalue weighted by atomic mass is 35.5. The lowest BCUT2D eigenvalue weighted by Crippen LogP contribution is -2.00. The van der Waals surface area contributed by atoms with Crippen LogP contribution in [0.4, 0.5) is 4.39 Å². The largest absolute Gasteiger partial charge is 0.262 e. The molecule has 0 radical (unpaired) electrons. The van der Waals surface area contributed by atoms with Crippen LogP contribution in [0.3, 0.4) is 0 Å². The summed E-state index contributed by atoms with van der Waals surface area (Å²) in [5, 5.41) is 0.401. The third kappa shape index (κ3) is 1.97. The van der Waals surface area contributed by atoms with E-state index in [-0.39, 0.29) is 0 Å². The molecule has 0 aromatic carbocycles. The Morgan fingerprint density at radius 3 is 2.78 bits per heavy atom. The highest BCUT2D eigenvalue weighted by Gasteiger charge is 2.28. The number of pyridine rings is 1. The van der Waals surface area contributed by atoms with Gasteiger partial charge in [0.05, 0.1) is 11.9 Å². The minimum atomic E-state index is -0.392. The van der Waals surface area contributed by atoms with Crippen LogP contribution in [0.2, 0.25) is 5.15 Å². The molecular weight excluding hydrogens is 253 g/mol. The number of hydrogen-bond donors (Lipinski definition) is 0. The van der Waals surface area contributed by atoms with Gasteiger partial charge in [0.25, 0.3) is 0 Å². The van der Waals surface area contributed by atoms with Gasteiger partial charge >= 0.3 is 0 Å². The second-order valence-corrected chi connectivity index (χ2v) is 4.83. The first-order chi connectivity index (χ1) is 8.66. The lowest BCUT2D eigenvalue weighted by Gasteiger charge is -2.09. The van der Waals surface area contributed by atoms with Crippen molar-refractivity contribution in [1.82, 2.24) is 15.0 Å². The minimum absolute atomic E-state index is 0.381. The van der Waals surface area contributed by atoms with Crippen LogP contribution in [-0.2, 0) is 0 Å². The molecule has 0 bridgehead atoms. The van der Waals surface area contributed by atoms with Crippen molar-refractivity contribution in [3.8, 4) is 11.3 Å². The summed E-state index contributed by atoms with van der Waals surface area (Å²) in [5.41, 5.74) is 1.69. The zero-order valence-electron chi connectivity index (χ0n) is 9.82. The predicted molar refractivity (Wildman–Crippen MR) is 66.9 cm³/mol. The van der Waals surface area contributed by atoms with E-state index in [0.29, 0.717) is 27.9 Å². The molecule has 1 fully saturated rings. The molecule has 3 nitrogen and oxygen atoms in total. The Kier molecular flexibility index (Phi) is 2.74. The number of hydrogen-bond acceptors (Lipinski definition) is 3. The molecule has 18 heavy (non-hydrogen) atoms. The van der Waals surface area contributed by atoms with Gasteiger partial charge in [-0.25, -0.2) is 14.4 Å². The minimum Gasteiger partial charge on any atom is -0.262 e. The van der Waals surface area contributed by atoms with Crippen LogP contribution in [0, 0.1) is 12.7 Å². The fourth-order valence-corrected chi connectivity index (χ4v) is 2.04. The second kappa shape index (κ2) is 4.28. The Labute approximate surface area is 109 Å². The monoisotopic (exact) mass is 263 g/mol. The molecule has 1 aliphatic rings. The molecule has 5 heteroatoms. The molecule has 0 N–H and O–H groups in total. The SMILES string of the molecule is Cc1c(Cl)nc(C2CC2)nc1-c1ccncc1F. The molecule has 0 amide bonds. The van der Waals surface area contributed by atoms with Crippen molar-refractivity contribution >= 4 is 11.6 Å². The third-order valence-corrected chi connectivity index (χ3v) is 3.44. The van der Waals surface area contributed by atoms with Gasteiger partial charge in [-0.1, -0.05) is 11.6 Å². The van der Waals surface area contributed by atoms with E-state index in [2.05, 4.69) is 15.0 Å². The molecule has 2 heterocycles. The van der Waals surface area contributed by atoms with E-state index >= 15 is 0 Å². The van der Waals surface area contributed by atoms with Gasteiger partial charge in [0.2, 0.25) is 0 Å². The Bertz CT molecular complexity index is 611. The first-order valence-corrected chi connectivity index (χ1v) is 6.18. The van der Waals surface area contributed by atoms with Gasteiger partial charge < -0.3 is 0 Å². The van der Waals surface area contributed by atoms with Crippen LogP contribution in [0.25, 0.3) is 11.3 Å². The first kappa shape index (κ1) is 11.5. The summed E-state index contributed by atoms with van der Waals surface area (Å²) in [6, 6.07) is 1.61. The van der Waals surface area contributed by atoms with Crippen LogP contribution < -0.4 is 0 Å². The highest BCUT2D eigenvalue weighted by Crippen LogP contribution is 2.40. The number of nitrogens with zero attached hydrogens (tertiary/aromatic N) is 3. The number of halogens is 2. The van der Waals surface area contributed by atoms with Gasteiger partial charge in [-0.3, -0.25) is 4.98 Å². The fourth-order valence-electron chi connectivity index (χ4n) is 1.86. The Hall–Kier alpha value is -1.55. The lowest BCUT2D eigenvalue weighted by atomic mass is 10.1. The van der Waals surface area contributed by atoms with Gasteiger partial charge in [0, 0.05) is 23.2 Å². The van der Waals surface area contributed by atoms with E-state index in [4.69, 9.17) is 11.6 Å². The average Bonchev–Trinajstić information content (AvgIpc) is 3.18. The van der Waals surface area contributed by atoms with E-state index in [1.165, 1.54) is 6.20 Å². The summed E-state index contributed by atoms with van der Waals surface area (Å²) in [5.74, 6) is 0.709. The van der Waals surface area contributed by atoms with Gasteiger partial charge in [-0.15, -0.1) is 0 Å². The maximum atomic E-state index is 13.8. The van der Waals surface area contributed by atoms with Crippen LogP contribution >= 0.6 is 11.6 Å². The summed E-state index contributed by atoms with van der Waals surface area (Å²) in [4.78, 5) is 12.5. The second-order valence-electron chi connectivity index (χ2n) is 4.48. The average molecular weight is 264 g/mol. The van der Waals surface area contributed by atoms with Gasteiger partial charge in [0.15, 0.2) is 5.82 Å². The van der Waals surface area contributed by atoms with Gasteiger partial charge in [0.1, 0.15) is 11.0 Å². The molecule has 2 aromatic rings. The molecule has 0 aliphatic heterocycles. The van der Waals surface area contributed by atoms with Gasteiger partial charge in [-0.2, -0.15) is 0 Å². The summed E-state index contributed by atoms with van der Waals surface area (Å²) >= 11 is 6.10. The quantitative estimate of drug-likeness (QED) is 0.778.